The number of rotatable bonds is 6. The lowest BCUT2D eigenvalue weighted by molar-refractivity contribution is -0.125. The van der Waals surface area contributed by atoms with Crippen molar-refractivity contribution in [1.82, 2.24) is 10.5 Å². The van der Waals surface area contributed by atoms with Crippen LogP contribution in [0.3, 0.4) is 0 Å². The van der Waals surface area contributed by atoms with E-state index in [4.69, 9.17) is 14.4 Å². The molecule has 0 radical (unpaired) electrons. The molecule has 138 valence electrons. The number of hydrogen-bond acceptors (Lipinski definition) is 5. The third-order valence-electron chi connectivity index (χ3n) is 4.67. The van der Waals surface area contributed by atoms with Crippen molar-refractivity contribution in [2.75, 3.05) is 13.2 Å². The Labute approximate surface area is 151 Å². The first-order valence-corrected chi connectivity index (χ1v) is 8.63. The van der Waals surface area contributed by atoms with Crippen molar-refractivity contribution in [2.45, 2.75) is 38.1 Å². The van der Waals surface area contributed by atoms with E-state index in [0.29, 0.717) is 44.7 Å². The summed E-state index contributed by atoms with van der Waals surface area (Å²) in [5.74, 6) is -0.376. The predicted molar refractivity (Wildman–Crippen MR) is 92.8 cm³/mol. The van der Waals surface area contributed by atoms with Crippen LogP contribution in [0.25, 0.3) is 0 Å². The number of ether oxygens (including phenoxy) is 1. The van der Waals surface area contributed by atoms with E-state index in [-0.39, 0.29) is 11.5 Å². The smallest absolute Gasteiger partial charge is 0.335 e. The number of hydrogen-bond donors (Lipinski definition) is 2. The third-order valence-corrected chi connectivity index (χ3v) is 4.67. The zero-order valence-corrected chi connectivity index (χ0v) is 14.7. The normalized spacial score (nSPS) is 16.2. The van der Waals surface area contributed by atoms with Gasteiger partial charge in [-0.25, -0.2) is 4.79 Å². The van der Waals surface area contributed by atoms with Gasteiger partial charge in [-0.05, 0) is 31.0 Å². The second-order valence-corrected chi connectivity index (χ2v) is 6.58. The number of carbonyl (C=O) groups excluding carboxylic acids is 1. The molecule has 2 N–H and O–H groups in total. The van der Waals surface area contributed by atoms with Crippen molar-refractivity contribution >= 4 is 11.9 Å². The van der Waals surface area contributed by atoms with Crippen LogP contribution in [-0.4, -0.2) is 35.4 Å². The fraction of sp³-hybridized carbons (Fsp3) is 0.421. The lowest BCUT2D eigenvalue weighted by Crippen LogP contribution is -2.49. The van der Waals surface area contributed by atoms with Crippen LogP contribution < -0.4 is 5.32 Å². The Balaban J connectivity index is 1.64. The van der Waals surface area contributed by atoms with Gasteiger partial charge in [0.25, 0.3) is 0 Å². The fourth-order valence-electron chi connectivity index (χ4n) is 3.14. The molecule has 26 heavy (non-hydrogen) atoms. The fourth-order valence-corrected chi connectivity index (χ4v) is 3.14. The highest BCUT2D eigenvalue weighted by molar-refractivity contribution is 5.87. The zero-order valence-electron chi connectivity index (χ0n) is 14.7. The summed E-state index contributed by atoms with van der Waals surface area (Å²) in [6, 6.07) is 8.43. The first-order valence-electron chi connectivity index (χ1n) is 8.63. The molecule has 1 aliphatic rings. The number of carboxylic acid groups (broad SMARTS) is 1. The lowest BCUT2D eigenvalue weighted by atomic mass is 9.86. The van der Waals surface area contributed by atoms with Gasteiger partial charge in [-0.1, -0.05) is 17.3 Å². The van der Waals surface area contributed by atoms with E-state index in [1.54, 1.807) is 24.3 Å². The largest absolute Gasteiger partial charge is 0.478 e. The van der Waals surface area contributed by atoms with E-state index in [2.05, 4.69) is 10.5 Å². The van der Waals surface area contributed by atoms with Crippen LogP contribution in [0, 0.1) is 6.92 Å². The Kier molecular flexibility index (Phi) is 5.37. The number of nitrogens with zero attached hydrogens (tertiary/aromatic N) is 1. The number of nitrogens with one attached hydrogen (secondary N) is 1. The zero-order chi connectivity index (χ0) is 18.6. The van der Waals surface area contributed by atoms with Gasteiger partial charge in [0, 0.05) is 38.5 Å². The van der Waals surface area contributed by atoms with Gasteiger partial charge in [0.05, 0.1) is 11.3 Å². The van der Waals surface area contributed by atoms with Crippen LogP contribution in [0.1, 0.15) is 46.6 Å². The molecule has 0 saturated carbocycles. The Hall–Kier alpha value is -2.67. The molecule has 1 fully saturated rings. The molecular formula is C19H22N2O5. The summed E-state index contributed by atoms with van der Waals surface area (Å²) >= 11 is 0. The maximum absolute atomic E-state index is 12.5. The molecular weight excluding hydrogens is 336 g/mol. The summed E-state index contributed by atoms with van der Waals surface area (Å²) in [6.45, 7) is 2.95. The van der Waals surface area contributed by atoms with Crippen LogP contribution in [0.2, 0.25) is 0 Å². The molecule has 1 aliphatic heterocycles. The minimum Gasteiger partial charge on any atom is -0.478 e. The van der Waals surface area contributed by atoms with E-state index >= 15 is 0 Å². The van der Waals surface area contributed by atoms with Crippen molar-refractivity contribution in [1.29, 1.82) is 0 Å². The molecule has 1 aromatic carbocycles. The summed E-state index contributed by atoms with van der Waals surface area (Å²) < 4.78 is 10.9. The molecule has 1 aromatic heterocycles. The van der Waals surface area contributed by atoms with E-state index in [9.17, 15) is 9.59 Å². The monoisotopic (exact) mass is 358 g/mol. The molecule has 1 saturated heterocycles. The molecule has 0 aliphatic carbocycles. The van der Waals surface area contributed by atoms with Crippen molar-refractivity contribution in [3.8, 4) is 0 Å². The molecule has 3 rings (SSSR count). The minimum atomic E-state index is -0.960. The molecule has 1 amide bonds. The van der Waals surface area contributed by atoms with E-state index in [1.807, 2.05) is 13.0 Å². The number of benzene rings is 1. The molecule has 7 nitrogen and oxygen atoms in total. The van der Waals surface area contributed by atoms with Gasteiger partial charge in [0.1, 0.15) is 5.54 Å². The van der Waals surface area contributed by atoms with Gasteiger partial charge in [-0.15, -0.1) is 0 Å². The highest BCUT2D eigenvalue weighted by atomic mass is 16.5. The third kappa shape index (κ3) is 4.11. The van der Waals surface area contributed by atoms with Gasteiger partial charge in [0.2, 0.25) is 5.91 Å². The molecule has 7 heteroatoms. The van der Waals surface area contributed by atoms with Gasteiger partial charge in [-0.2, -0.15) is 0 Å². The Morgan fingerprint density at radius 1 is 1.23 bits per heavy atom. The van der Waals surface area contributed by atoms with Crippen molar-refractivity contribution in [3.63, 3.8) is 0 Å². The van der Waals surface area contributed by atoms with Crippen LogP contribution in [0.15, 0.2) is 34.9 Å². The maximum Gasteiger partial charge on any atom is 0.335 e. The highest BCUT2D eigenvalue weighted by Gasteiger charge is 2.39. The minimum absolute atomic E-state index is 0.0803. The van der Waals surface area contributed by atoms with Crippen LogP contribution >= 0.6 is 0 Å². The Morgan fingerprint density at radius 3 is 2.50 bits per heavy atom. The standard InChI is InChI=1S/C19H22N2O5/c1-13-12-16(26-21-13)19(8-10-25-11-9-19)20-17(22)7-4-14-2-5-15(6-3-14)18(23)24/h2-3,5-6,12H,4,7-11H2,1H3,(H,20,22)(H,23,24). The van der Waals surface area contributed by atoms with Gasteiger partial charge >= 0.3 is 5.97 Å². The van der Waals surface area contributed by atoms with E-state index in [0.717, 1.165) is 11.3 Å². The predicted octanol–water partition coefficient (Wildman–Crippen LogP) is 2.44. The van der Waals surface area contributed by atoms with Crippen LogP contribution in [-0.2, 0) is 21.5 Å². The second kappa shape index (κ2) is 7.70. The van der Waals surface area contributed by atoms with Crippen molar-refractivity contribution in [2.24, 2.45) is 0 Å². The molecule has 2 aromatic rings. The lowest BCUT2D eigenvalue weighted by Gasteiger charge is -2.35. The number of aryl methyl sites for hydroxylation is 2. The number of aromatic nitrogens is 1. The van der Waals surface area contributed by atoms with Crippen LogP contribution in [0.5, 0.6) is 0 Å². The molecule has 0 bridgehead atoms. The summed E-state index contributed by atoms with van der Waals surface area (Å²) in [5.41, 5.74) is 1.35. The summed E-state index contributed by atoms with van der Waals surface area (Å²) in [7, 11) is 0. The van der Waals surface area contributed by atoms with Gasteiger partial charge in [-0.3, -0.25) is 4.79 Å². The second-order valence-electron chi connectivity index (χ2n) is 6.58. The topological polar surface area (TPSA) is 102 Å². The average molecular weight is 358 g/mol. The summed E-state index contributed by atoms with van der Waals surface area (Å²) in [4.78, 5) is 23.4. The van der Waals surface area contributed by atoms with E-state index < -0.39 is 11.5 Å². The number of carboxylic acids is 1. The summed E-state index contributed by atoms with van der Waals surface area (Å²) in [5, 5.41) is 16.0. The quantitative estimate of drug-likeness (QED) is 0.822. The number of aromatic carboxylic acids is 1. The first kappa shape index (κ1) is 18.1. The van der Waals surface area contributed by atoms with Gasteiger partial charge < -0.3 is 19.7 Å². The number of carbonyl (C=O) groups is 2. The van der Waals surface area contributed by atoms with Gasteiger partial charge in [0.15, 0.2) is 5.76 Å². The highest BCUT2D eigenvalue weighted by Crippen LogP contribution is 2.32. The maximum atomic E-state index is 12.5. The van der Waals surface area contributed by atoms with Crippen molar-refractivity contribution in [3.05, 3.63) is 52.9 Å². The van der Waals surface area contributed by atoms with Crippen molar-refractivity contribution < 1.29 is 24.0 Å². The van der Waals surface area contributed by atoms with E-state index in [1.165, 1.54) is 0 Å². The molecule has 0 spiro atoms. The summed E-state index contributed by atoms with van der Waals surface area (Å²) in [6.07, 6.45) is 2.12. The Morgan fingerprint density at radius 2 is 1.92 bits per heavy atom. The first-order chi connectivity index (χ1) is 12.5. The van der Waals surface area contributed by atoms with Crippen LogP contribution in [0.4, 0.5) is 0 Å². The Bertz CT molecular complexity index is 775. The molecule has 0 unspecified atom stereocenters. The average Bonchev–Trinajstić information content (AvgIpc) is 3.08. The SMILES string of the molecule is Cc1cc(C2(NC(=O)CCc3ccc(C(=O)O)cc3)CCOCC2)on1. The molecule has 0 atom stereocenters. The number of amides is 1. The molecule has 2 heterocycles.